The van der Waals surface area contributed by atoms with Crippen molar-refractivity contribution in [1.29, 1.82) is 0 Å². The molecule has 0 bridgehead atoms. The molecule has 0 saturated carbocycles. The van der Waals surface area contributed by atoms with Crippen molar-refractivity contribution in [2.24, 2.45) is 0 Å². The molecule has 1 aromatic rings. The molecule has 0 spiro atoms. The Kier molecular flexibility index (Phi) is 2.93. The highest BCUT2D eigenvalue weighted by Gasteiger charge is 1.99. The minimum Gasteiger partial charge on any atom is -0.149 e. The van der Waals surface area contributed by atoms with Gasteiger partial charge in [0.05, 0.1) is 0 Å². The van der Waals surface area contributed by atoms with Crippen LogP contribution in [0.5, 0.6) is 0 Å². The van der Waals surface area contributed by atoms with Crippen LogP contribution in [0.15, 0.2) is 11.4 Å². The number of hydrogen-bond donors (Lipinski definition) is 0. The first-order chi connectivity index (χ1) is 4.68. The molecule has 0 N–H and O–H groups in total. The molecule has 1 aromatic heterocycles. The van der Waals surface area contributed by atoms with Gasteiger partial charge in [-0.3, -0.25) is 0 Å². The summed E-state index contributed by atoms with van der Waals surface area (Å²) in [5.74, 6) is 0. The summed E-state index contributed by atoms with van der Waals surface area (Å²) < 4.78 is 0. The average molecular weight is 219 g/mol. The molecule has 1 heterocycles. The second kappa shape index (κ2) is 3.54. The zero-order chi connectivity index (χ0) is 7.56. The third-order valence-corrected chi connectivity index (χ3v) is 2.67. The molecule has 0 aliphatic heterocycles. The van der Waals surface area contributed by atoms with E-state index in [0.29, 0.717) is 4.83 Å². The molecule has 0 aliphatic carbocycles. The van der Waals surface area contributed by atoms with E-state index in [1.165, 1.54) is 10.4 Å². The third kappa shape index (κ3) is 2.43. The van der Waals surface area contributed by atoms with Crippen molar-refractivity contribution in [3.05, 3.63) is 21.9 Å². The van der Waals surface area contributed by atoms with Gasteiger partial charge in [-0.15, -0.1) is 11.3 Å². The molecular formula is C8H11BrS. The molecule has 0 aliphatic rings. The summed E-state index contributed by atoms with van der Waals surface area (Å²) in [6, 6.07) is 2.25. The molecule has 10 heavy (non-hydrogen) atoms. The molecule has 0 fully saturated rings. The van der Waals surface area contributed by atoms with Gasteiger partial charge < -0.3 is 0 Å². The fourth-order valence-electron chi connectivity index (χ4n) is 0.875. The molecule has 0 saturated heterocycles. The van der Waals surface area contributed by atoms with Crippen molar-refractivity contribution >= 4 is 27.3 Å². The topological polar surface area (TPSA) is 0 Å². The van der Waals surface area contributed by atoms with Crippen LogP contribution in [0.3, 0.4) is 0 Å². The Labute approximate surface area is 74.4 Å². The number of hydrogen-bond acceptors (Lipinski definition) is 1. The van der Waals surface area contributed by atoms with Crippen LogP contribution >= 0.6 is 27.3 Å². The molecule has 1 rings (SSSR count). The van der Waals surface area contributed by atoms with Crippen LogP contribution in [0.1, 0.15) is 17.4 Å². The van der Waals surface area contributed by atoms with E-state index in [-0.39, 0.29) is 0 Å². The highest BCUT2D eigenvalue weighted by Crippen LogP contribution is 2.17. The Balaban J connectivity index is 2.58. The number of aryl methyl sites for hydroxylation is 1. The second-order valence-corrected chi connectivity index (χ2v) is 5.13. The van der Waals surface area contributed by atoms with Gasteiger partial charge in [0.2, 0.25) is 0 Å². The zero-order valence-corrected chi connectivity index (χ0v) is 8.63. The highest BCUT2D eigenvalue weighted by molar-refractivity contribution is 9.09. The van der Waals surface area contributed by atoms with Gasteiger partial charge in [-0.25, -0.2) is 0 Å². The summed E-state index contributed by atoms with van der Waals surface area (Å²) in [5.41, 5.74) is 1.38. The Morgan fingerprint density at radius 2 is 2.40 bits per heavy atom. The van der Waals surface area contributed by atoms with E-state index in [1.807, 2.05) is 11.3 Å². The fraction of sp³-hybridized carbons (Fsp3) is 0.500. The standard InChI is InChI=1S/C8H11BrS/c1-6-3-8(10-5-6)4-7(2)9/h3,5,7H,4H2,1-2H3. The van der Waals surface area contributed by atoms with E-state index in [9.17, 15) is 0 Å². The Morgan fingerprint density at radius 3 is 2.80 bits per heavy atom. The van der Waals surface area contributed by atoms with Gasteiger partial charge in [0.1, 0.15) is 0 Å². The van der Waals surface area contributed by atoms with Crippen LogP contribution in [0.2, 0.25) is 0 Å². The summed E-state index contributed by atoms with van der Waals surface area (Å²) in [4.78, 5) is 2.08. The minimum absolute atomic E-state index is 0.602. The molecule has 0 amide bonds. The molecule has 0 radical (unpaired) electrons. The maximum Gasteiger partial charge on any atom is 0.0165 e. The van der Waals surface area contributed by atoms with Crippen molar-refractivity contribution in [2.75, 3.05) is 0 Å². The van der Waals surface area contributed by atoms with Crippen molar-refractivity contribution in [1.82, 2.24) is 0 Å². The molecule has 0 aromatic carbocycles. The van der Waals surface area contributed by atoms with Crippen LogP contribution < -0.4 is 0 Å². The third-order valence-electron chi connectivity index (χ3n) is 1.27. The first kappa shape index (κ1) is 8.28. The monoisotopic (exact) mass is 218 g/mol. The van der Waals surface area contributed by atoms with Gasteiger partial charge in [0.25, 0.3) is 0 Å². The van der Waals surface area contributed by atoms with Gasteiger partial charge in [-0.2, -0.15) is 0 Å². The van der Waals surface area contributed by atoms with E-state index in [2.05, 4.69) is 41.2 Å². The summed E-state index contributed by atoms with van der Waals surface area (Å²) in [7, 11) is 0. The molecule has 0 nitrogen and oxygen atoms in total. The minimum atomic E-state index is 0.602. The predicted molar refractivity (Wildman–Crippen MR) is 51.1 cm³/mol. The van der Waals surface area contributed by atoms with E-state index in [1.54, 1.807) is 0 Å². The quantitative estimate of drug-likeness (QED) is 0.669. The zero-order valence-electron chi connectivity index (χ0n) is 6.23. The largest absolute Gasteiger partial charge is 0.149 e. The van der Waals surface area contributed by atoms with Crippen LogP contribution in [0, 0.1) is 6.92 Å². The Bertz CT molecular complexity index is 203. The lowest BCUT2D eigenvalue weighted by Crippen LogP contribution is -1.92. The van der Waals surface area contributed by atoms with Crippen molar-refractivity contribution in [3.63, 3.8) is 0 Å². The van der Waals surface area contributed by atoms with Gasteiger partial charge in [-0.05, 0) is 30.4 Å². The molecular weight excluding hydrogens is 208 g/mol. The second-order valence-electron chi connectivity index (χ2n) is 2.58. The number of halogens is 1. The predicted octanol–water partition coefficient (Wildman–Crippen LogP) is 3.38. The lowest BCUT2D eigenvalue weighted by molar-refractivity contribution is 0.979. The Hall–Kier alpha value is 0.180. The molecule has 1 unspecified atom stereocenters. The summed E-state index contributed by atoms with van der Waals surface area (Å²) in [5, 5.41) is 2.20. The van der Waals surface area contributed by atoms with Crippen LogP contribution in [0.4, 0.5) is 0 Å². The van der Waals surface area contributed by atoms with E-state index in [0.717, 1.165) is 6.42 Å². The number of thiophene rings is 1. The smallest absolute Gasteiger partial charge is 0.0165 e. The Morgan fingerprint density at radius 1 is 1.70 bits per heavy atom. The van der Waals surface area contributed by atoms with Gasteiger partial charge in [0, 0.05) is 9.70 Å². The SMILES string of the molecule is Cc1csc(CC(C)Br)c1. The lowest BCUT2D eigenvalue weighted by Gasteiger charge is -1.96. The van der Waals surface area contributed by atoms with Crippen molar-refractivity contribution < 1.29 is 0 Å². The normalized spacial score (nSPS) is 13.5. The van der Waals surface area contributed by atoms with Gasteiger partial charge >= 0.3 is 0 Å². The summed E-state index contributed by atoms with van der Waals surface area (Å²) >= 11 is 5.37. The number of rotatable bonds is 2. The van der Waals surface area contributed by atoms with Crippen molar-refractivity contribution in [2.45, 2.75) is 25.1 Å². The summed E-state index contributed by atoms with van der Waals surface area (Å²) in [6.45, 7) is 4.31. The average Bonchev–Trinajstić information content (AvgIpc) is 2.13. The lowest BCUT2D eigenvalue weighted by atomic mass is 10.2. The first-order valence-electron chi connectivity index (χ1n) is 3.36. The van der Waals surface area contributed by atoms with Crippen LogP contribution in [-0.2, 0) is 6.42 Å². The molecule has 2 heteroatoms. The number of alkyl halides is 1. The van der Waals surface area contributed by atoms with E-state index >= 15 is 0 Å². The van der Waals surface area contributed by atoms with Gasteiger partial charge in [0.15, 0.2) is 0 Å². The van der Waals surface area contributed by atoms with Crippen LogP contribution in [0.25, 0.3) is 0 Å². The van der Waals surface area contributed by atoms with Crippen molar-refractivity contribution in [3.8, 4) is 0 Å². The van der Waals surface area contributed by atoms with Gasteiger partial charge in [-0.1, -0.05) is 22.9 Å². The van der Waals surface area contributed by atoms with E-state index in [4.69, 9.17) is 0 Å². The van der Waals surface area contributed by atoms with E-state index < -0.39 is 0 Å². The van der Waals surface area contributed by atoms with Crippen LogP contribution in [-0.4, -0.2) is 4.83 Å². The molecule has 1 atom stereocenters. The molecule has 56 valence electrons. The fourth-order valence-corrected chi connectivity index (χ4v) is 2.44. The summed E-state index contributed by atoms with van der Waals surface area (Å²) in [6.07, 6.45) is 1.15. The highest BCUT2D eigenvalue weighted by atomic mass is 79.9. The maximum absolute atomic E-state index is 3.53. The maximum atomic E-state index is 3.53. The first-order valence-corrected chi connectivity index (χ1v) is 5.16.